The number of ketones is 1. The molecule has 6 nitrogen and oxygen atoms in total. The number of nitrogens with zero attached hydrogens (tertiary/aromatic N) is 1. The Kier molecular flexibility index (Phi) is 5.20. The van der Waals surface area contributed by atoms with E-state index in [4.69, 9.17) is 0 Å². The summed E-state index contributed by atoms with van der Waals surface area (Å²) < 4.78 is 26.5. The minimum absolute atomic E-state index is 0.145. The molecule has 0 aliphatic carbocycles. The second-order valence-electron chi connectivity index (χ2n) is 6.19. The van der Waals surface area contributed by atoms with E-state index in [0.29, 0.717) is 29.9 Å². The molecule has 1 N–H and O–H groups in total. The van der Waals surface area contributed by atoms with Crippen LogP contribution in [0.4, 0.5) is 5.69 Å². The van der Waals surface area contributed by atoms with Crippen LogP contribution >= 0.6 is 0 Å². The van der Waals surface area contributed by atoms with E-state index in [0.717, 1.165) is 12.8 Å². The Hall–Kier alpha value is -2.51. The van der Waals surface area contributed by atoms with E-state index < -0.39 is 15.9 Å². The number of para-hydroxylation sites is 1. The number of benzene rings is 2. The maximum absolute atomic E-state index is 12.5. The van der Waals surface area contributed by atoms with E-state index in [-0.39, 0.29) is 10.7 Å². The van der Waals surface area contributed by atoms with Gasteiger partial charge in [0.1, 0.15) is 0 Å². The van der Waals surface area contributed by atoms with Crippen LogP contribution in [0.3, 0.4) is 0 Å². The molecule has 1 saturated heterocycles. The van der Waals surface area contributed by atoms with Crippen molar-refractivity contribution in [2.24, 2.45) is 0 Å². The van der Waals surface area contributed by atoms with Crippen molar-refractivity contribution in [3.8, 4) is 0 Å². The van der Waals surface area contributed by atoms with Crippen LogP contribution in [0.5, 0.6) is 0 Å². The van der Waals surface area contributed by atoms with Gasteiger partial charge in [0.15, 0.2) is 5.78 Å². The number of hydrogen-bond acceptors (Lipinski definition) is 4. The van der Waals surface area contributed by atoms with E-state index in [9.17, 15) is 18.0 Å². The summed E-state index contributed by atoms with van der Waals surface area (Å²) in [5.74, 6) is -0.545. The number of hydrogen-bond donors (Lipinski definition) is 1. The molecule has 1 heterocycles. The third kappa shape index (κ3) is 3.68. The van der Waals surface area contributed by atoms with Gasteiger partial charge in [-0.05, 0) is 56.2 Å². The summed E-state index contributed by atoms with van der Waals surface area (Å²) in [4.78, 5) is 24.2. The van der Waals surface area contributed by atoms with Gasteiger partial charge in [-0.1, -0.05) is 12.1 Å². The van der Waals surface area contributed by atoms with Crippen LogP contribution in [0.2, 0.25) is 0 Å². The monoisotopic (exact) mass is 372 g/mol. The number of nitrogens with one attached hydrogen (secondary N) is 1. The van der Waals surface area contributed by atoms with Crippen molar-refractivity contribution in [2.45, 2.75) is 24.7 Å². The Morgan fingerprint density at radius 1 is 0.962 bits per heavy atom. The summed E-state index contributed by atoms with van der Waals surface area (Å²) in [7, 11) is -3.50. The number of sulfonamides is 1. The van der Waals surface area contributed by atoms with Crippen molar-refractivity contribution < 1.29 is 18.0 Å². The fourth-order valence-corrected chi connectivity index (χ4v) is 4.47. The molecule has 7 heteroatoms. The van der Waals surface area contributed by atoms with Crippen LogP contribution in [-0.2, 0) is 10.0 Å². The van der Waals surface area contributed by atoms with Crippen LogP contribution in [0.15, 0.2) is 53.4 Å². The molecule has 0 bridgehead atoms. The zero-order valence-corrected chi connectivity index (χ0v) is 15.3. The molecule has 1 aliphatic heterocycles. The van der Waals surface area contributed by atoms with Gasteiger partial charge >= 0.3 is 0 Å². The summed E-state index contributed by atoms with van der Waals surface area (Å²) in [6.45, 7) is 2.50. The summed E-state index contributed by atoms with van der Waals surface area (Å²) >= 11 is 0. The fourth-order valence-electron chi connectivity index (χ4n) is 2.95. The first-order valence-electron chi connectivity index (χ1n) is 8.41. The van der Waals surface area contributed by atoms with Crippen molar-refractivity contribution in [1.29, 1.82) is 0 Å². The van der Waals surface area contributed by atoms with Gasteiger partial charge in [-0.3, -0.25) is 9.59 Å². The normalized spacial score (nSPS) is 15.0. The number of carbonyl (C=O) groups excluding carboxylic acids is 2. The lowest BCUT2D eigenvalue weighted by Gasteiger charge is -2.15. The minimum atomic E-state index is -3.50. The number of amides is 1. The van der Waals surface area contributed by atoms with E-state index in [1.54, 1.807) is 24.3 Å². The molecule has 0 unspecified atom stereocenters. The number of anilines is 1. The quantitative estimate of drug-likeness (QED) is 0.818. The maximum Gasteiger partial charge on any atom is 0.255 e. The van der Waals surface area contributed by atoms with Crippen molar-refractivity contribution in [3.05, 3.63) is 59.7 Å². The van der Waals surface area contributed by atoms with Crippen molar-refractivity contribution in [3.63, 3.8) is 0 Å². The number of rotatable bonds is 5. The smallest absolute Gasteiger partial charge is 0.255 e. The standard InChI is InChI=1S/C19H20N2O4S/c1-14(22)17-6-2-3-7-18(17)20-19(23)15-8-10-16(11-9-15)26(24,25)21-12-4-5-13-21/h2-3,6-11H,4-5,12-13H2,1H3,(H,20,23). The van der Waals surface area contributed by atoms with Crippen molar-refractivity contribution >= 4 is 27.4 Å². The topological polar surface area (TPSA) is 83.5 Å². The Morgan fingerprint density at radius 2 is 1.58 bits per heavy atom. The van der Waals surface area contributed by atoms with Gasteiger partial charge in [-0.2, -0.15) is 4.31 Å². The molecule has 26 heavy (non-hydrogen) atoms. The van der Waals surface area contributed by atoms with Crippen LogP contribution < -0.4 is 5.32 Å². The molecule has 1 amide bonds. The molecule has 0 spiro atoms. The van der Waals surface area contributed by atoms with E-state index in [1.807, 2.05) is 0 Å². The maximum atomic E-state index is 12.5. The van der Waals surface area contributed by atoms with Gasteiger partial charge in [0.2, 0.25) is 10.0 Å². The predicted molar refractivity (Wildman–Crippen MR) is 98.8 cm³/mol. The van der Waals surface area contributed by atoms with Crippen molar-refractivity contribution in [2.75, 3.05) is 18.4 Å². The first-order chi connectivity index (χ1) is 12.4. The molecule has 0 aromatic heterocycles. The van der Waals surface area contributed by atoms with E-state index >= 15 is 0 Å². The molecule has 1 fully saturated rings. The first kappa shape index (κ1) is 18.3. The second-order valence-corrected chi connectivity index (χ2v) is 8.13. The molecule has 0 radical (unpaired) electrons. The zero-order chi connectivity index (χ0) is 18.7. The first-order valence-corrected chi connectivity index (χ1v) is 9.85. The van der Waals surface area contributed by atoms with Gasteiger partial charge < -0.3 is 5.32 Å². The molecular weight excluding hydrogens is 352 g/mol. The molecule has 0 atom stereocenters. The molecule has 2 aromatic carbocycles. The summed E-state index contributed by atoms with van der Waals surface area (Å²) in [6.07, 6.45) is 1.74. The van der Waals surface area contributed by atoms with E-state index in [2.05, 4.69) is 5.32 Å². The summed E-state index contributed by atoms with van der Waals surface area (Å²) in [5, 5.41) is 2.70. The van der Waals surface area contributed by atoms with Crippen molar-refractivity contribution in [1.82, 2.24) is 4.31 Å². The molecule has 2 aromatic rings. The molecule has 3 rings (SSSR count). The lowest BCUT2D eigenvalue weighted by molar-refractivity contribution is 0.101. The lowest BCUT2D eigenvalue weighted by atomic mass is 10.1. The highest BCUT2D eigenvalue weighted by Gasteiger charge is 2.27. The average molecular weight is 372 g/mol. The van der Waals surface area contributed by atoms with Gasteiger partial charge in [-0.15, -0.1) is 0 Å². The number of Topliss-reactive ketones (excluding diaryl/α,β-unsaturated/α-hetero) is 1. The van der Waals surface area contributed by atoms with Gasteiger partial charge in [0.05, 0.1) is 10.6 Å². The highest BCUT2D eigenvalue weighted by Crippen LogP contribution is 2.22. The van der Waals surface area contributed by atoms with Crippen LogP contribution in [0, 0.1) is 0 Å². The zero-order valence-electron chi connectivity index (χ0n) is 14.4. The predicted octanol–water partition coefficient (Wildman–Crippen LogP) is 2.93. The fraction of sp³-hybridized carbons (Fsp3) is 0.263. The van der Waals surface area contributed by atoms with Crippen LogP contribution in [0.1, 0.15) is 40.5 Å². The summed E-state index contributed by atoms with van der Waals surface area (Å²) in [6, 6.07) is 12.6. The van der Waals surface area contributed by atoms with Crippen LogP contribution in [-0.4, -0.2) is 37.5 Å². The second kappa shape index (κ2) is 7.39. The lowest BCUT2D eigenvalue weighted by Crippen LogP contribution is -2.27. The highest BCUT2D eigenvalue weighted by atomic mass is 32.2. The minimum Gasteiger partial charge on any atom is -0.321 e. The SMILES string of the molecule is CC(=O)c1ccccc1NC(=O)c1ccc(S(=O)(=O)N2CCCC2)cc1. The largest absolute Gasteiger partial charge is 0.321 e. The Labute approximate surface area is 152 Å². The molecule has 0 saturated carbocycles. The Bertz CT molecular complexity index is 930. The van der Waals surface area contributed by atoms with Crippen LogP contribution in [0.25, 0.3) is 0 Å². The third-order valence-electron chi connectivity index (χ3n) is 4.37. The number of carbonyl (C=O) groups is 2. The molecule has 136 valence electrons. The Morgan fingerprint density at radius 3 is 2.19 bits per heavy atom. The highest BCUT2D eigenvalue weighted by molar-refractivity contribution is 7.89. The average Bonchev–Trinajstić information content (AvgIpc) is 3.17. The van der Waals surface area contributed by atoms with Gasteiger partial charge in [0, 0.05) is 24.2 Å². The van der Waals surface area contributed by atoms with Gasteiger partial charge in [0.25, 0.3) is 5.91 Å². The van der Waals surface area contributed by atoms with Gasteiger partial charge in [-0.25, -0.2) is 8.42 Å². The molecule has 1 aliphatic rings. The van der Waals surface area contributed by atoms with E-state index in [1.165, 1.54) is 35.5 Å². The molecular formula is C19H20N2O4S. The summed E-state index contributed by atoms with van der Waals surface area (Å²) in [5.41, 5.74) is 1.18. The third-order valence-corrected chi connectivity index (χ3v) is 6.29. The Balaban J connectivity index is 1.79.